The summed E-state index contributed by atoms with van der Waals surface area (Å²) >= 11 is 0. The van der Waals surface area contributed by atoms with Crippen LogP contribution < -0.4 is 0 Å². The van der Waals surface area contributed by atoms with E-state index in [1.807, 2.05) is 13.8 Å². The van der Waals surface area contributed by atoms with E-state index in [1.165, 1.54) is 6.07 Å². The Hall–Kier alpha value is -1.85. The summed E-state index contributed by atoms with van der Waals surface area (Å²) in [6.07, 6.45) is 0.504. The minimum atomic E-state index is -0.517. The lowest BCUT2D eigenvalue weighted by molar-refractivity contribution is -0.385. The predicted octanol–water partition coefficient (Wildman–Crippen LogP) is 2.16. The Bertz CT molecular complexity index is 437. The Morgan fingerprint density at radius 2 is 2.12 bits per heavy atom. The molecular formula is C11H16N2O4. The molecule has 1 aromatic rings. The van der Waals surface area contributed by atoms with Crippen molar-refractivity contribution in [2.24, 2.45) is 0 Å². The maximum absolute atomic E-state index is 11.7. The van der Waals surface area contributed by atoms with E-state index < -0.39 is 10.9 Å². The molecule has 0 radical (unpaired) electrons. The van der Waals surface area contributed by atoms with Gasteiger partial charge in [-0.15, -0.1) is 0 Å². The Morgan fingerprint density at radius 3 is 2.53 bits per heavy atom. The smallest absolute Gasteiger partial charge is 0.355 e. The lowest BCUT2D eigenvalue weighted by Crippen LogP contribution is -2.13. The van der Waals surface area contributed by atoms with Gasteiger partial charge in [0, 0.05) is 12.6 Å². The Morgan fingerprint density at radius 1 is 1.47 bits per heavy atom. The summed E-state index contributed by atoms with van der Waals surface area (Å²) in [4.78, 5) is 22.1. The van der Waals surface area contributed by atoms with Gasteiger partial charge in [0.2, 0.25) is 0 Å². The van der Waals surface area contributed by atoms with Crippen molar-refractivity contribution in [1.29, 1.82) is 0 Å². The highest BCUT2D eigenvalue weighted by molar-refractivity contribution is 5.89. The highest BCUT2D eigenvalue weighted by atomic mass is 16.6. The maximum atomic E-state index is 11.7. The van der Waals surface area contributed by atoms with Crippen molar-refractivity contribution in [1.82, 2.24) is 4.57 Å². The quantitative estimate of drug-likeness (QED) is 0.449. The second kappa shape index (κ2) is 5.47. The van der Waals surface area contributed by atoms with Crippen LogP contribution in [0.3, 0.4) is 0 Å². The first-order valence-electron chi connectivity index (χ1n) is 5.60. The van der Waals surface area contributed by atoms with Gasteiger partial charge < -0.3 is 9.30 Å². The van der Waals surface area contributed by atoms with Gasteiger partial charge >= 0.3 is 5.97 Å². The lowest BCUT2D eigenvalue weighted by Gasteiger charge is -2.07. The molecule has 0 bridgehead atoms. The van der Waals surface area contributed by atoms with Crippen LogP contribution in [0.5, 0.6) is 0 Å². The fraction of sp³-hybridized carbons (Fsp3) is 0.545. The van der Waals surface area contributed by atoms with E-state index in [2.05, 4.69) is 0 Å². The van der Waals surface area contributed by atoms with Crippen LogP contribution >= 0.6 is 0 Å². The summed E-state index contributed by atoms with van der Waals surface area (Å²) in [5.41, 5.74) is 0.788. The van der Waals surface area contributed by atoms with Gasteiger partial charge in [0.15, 0.2) is 0 Å². The van der Waals surface area contributed by atoms with Crippen molar-refractivity contribution in [3.05, 3.63) is 27.6 Å². The average Bonchev–Trinajstić information content (AvgIpc) is 2.67. The zero-order chi connectivity index (χ0) is 13.0. The summed E-state index contributed by atoms with van der Waals surface area (Å²) in [6, 6.07) is 1.29. The molecule has 0 aromatic carbocycles. The number of rotatable bonds is 5. The van der Waals surface area contributed by atoms with Crippen molar-refractivity contribution < 1.29 is 14.5 Å². The molecule has 1 heterocycles. The Labute approximate surface area is 99.3 Å². The van der Waals surface area contributed by atoms with E-state index in [1.54, 1.807) is 11.5 Å². The van der Waals surface area contributed by atoms with Gasteiger partial charge in [-0.3, -0.25) is 10.1 Å². The second-order valence-corrected chi connectivity index (χ2v) is 3.44. The number of aromatic nitrogens is 1. The molecular weight excluding hydrogens is 224 g/mol. The monoisotopic (exact) mass is 240 g/mol. The Kier molecular flexibility index (Phi) is 4.25. The molecule has 0 aliphatic rings. The van der Waals surface area contributed by atoms with Gasteiger partial charge in [-0.05, 0) is 20.3 Å². The molecule has 6 heteroatoms. The molecule has 0 atom stereocenters. The van der Waals surface area contributed by atoms with Crippen LogP contribution in [-0.4, -0.2) is 22.1 Å². The van der Waals surface area contributed by atoms with Crippen LogP contribution in [0.25, 0.3) is 0 Å². The number of nitrogens with zero attached hydrogens (tertiary/aromatic N) is 2. The topological polar surface area (TPSA) is 74.4 Å². The van der Waals surface area contributed by atoms with Crippen LogP contribution in [0.4, 0.5) is 5.69 Å². The summed E-state index contributed by atoms with van der Waals surface area (Å²) in [6.45, 7) is 6.12. The van der Waals surface area contributed by atoms with E-state index >= 15 is 0 Å². The summed E-state index contributed by atoms with van der Waals surface area (Å²) in [5.74, 6) is -0.517. The zero-order valence-electron chi connectivity index (χ0n) is 10.2. The largest absolute Gasteiger partial charge is 0.461 e. The second-order valence-electron chi connectivity index (χ2n) is 3.44. The molecule has 6 nitrogen and oxygen atoms in total. The van der Waals surface area contributed by atoms with Gasteiger partial charge in [0.1, 0.15) is 5.69 Å². The molecule has 0 aliphatic carbocycles. The fourth-order valence-corrected chi connectivity index (χ4v) is 1.84. The van der Waals surface area contributed by atoms with Crippen molar-refractivity contribution in [3.63, 3.8) is 0 Å². The fourth-order valence-electron chi connectivity index (χ4n) is 1.84. The van der Waals surface area contributed by atoms with Gasteiger partial charge in [0.05, 0.1) is 17.2 Å². The van der Waals surface area contributed by atoms with E-state index in [4.69, 9.17) is 4.74 Å². The Balaban J connectivity index is 3.30. The first kappa shape index (κ1) is 13.2. The first-order chi connectivity index (χ1) is 8.06. The third kappa shape index (κ3) is 2.46. The third-order valence-corrected chi connectivity index (χ3v) is 2.52. The van der Waals surface area contributed by atoms with Gasteiger partial charge in [-0.2, -0.15) is 0 Å². The molecule has 0 aliphatic heterocycles. The third-order valence-electron chi connectivity index (χ3n) is 2.52. The van der Waals surface area contributed by atoms with Gasteiger partial charge in [-0.1, -0.05) is 6.92 Å². The highest BCUT2D eigenvalue weighted by Gasteiger charge is 2.25. The molecule has 0 N–H and O–H groups in total. The molecule has 0 saturated carbocycles. The molecule has 0 saturated heterocycles. The van der Waals surface area contributed by atoms with E-state index in [-0.39, 0.29) is 18.0 Å². The van der Waals surface area contributed by atoms with Crippen LogP contribution in [0, 0.1) is 10.1 Å². The SMILES string of the molecule is CCOC(=O)c1cc([N+](=O)[O-])c(CC)n1CC. The molecule has 0 fully saturated rings. The van der Waals surface area contributed by atoms with E-state index in [9.17, 15) is 14.9 Å². The lowest BCUT2D eigenvalue weighted by atomic mass is 10.3. The molecule has 17 heavy (non-hydrogen) atoms. The van der Waals surface area contributed by atoms with E-state index in [0.717, 1.165) is 0 Å². The standard InChI is InChI=1S/C11H16N2O4/c1-4-8-9(13(15)16)7-10(12(8)5-2)11(14)17-6-3/h7H,4-6H2,1-3H3. The van der Waals surface area contributed by atoms with Crippen LogP contribution in [0.1, 0.15) is 37.0 Å². The minimum absolute atomic E-state index is 0.0163. The van der Waals surface area contributed by atoms with E-state index in [0.29, 0.717) is 18.7 Å². The van der Waals surface area contributed by atoms with Crippen LogP contribution in [0.2, 0.25) is 0 Å². The van der Waals surface area contributed by atoms with Crippen molar-refractivity contribution >= 4 is 11.7 Å². The number of esters is 1. The van der Waals surface area contributed by atoms with Crippen LogP contribution in [0.15, 0.2) is 6.07 Å². The molecule has 0 spiro atoms. The normalized spacial score (nSPS) is 10.3. The van der Waals surface area contributed by atoms with Crippen LogP contribution in [-0.2, 0) is 17.7 Å². The summed E-state index contributed by atoms with van der Waals surface area (Å²) in [7, 11) is 0. The van der Waals surface area contributed by atoms with Gasteiger partial charge in [0.25, 0.3) is 5.69 Å². The minimum Gasteiger partial charge on any atom is -0.461 e. The molecule has 0 unspecified atom stereocenters. The summed E-state index contributed by atoms with van der Waals surface area (Å²) in [5, 5.41) is 10.9. The number of nitro groups is 1. The first-order valence-corrected chi connectivity index (χ1v) is 5.60. The molecule has 1 aromatic heterocycles. The number of carbonyl (C=O) groups excluding carboxylic acids is 1. The number of hydrogen-bond donors (Lipinski definition) is 0. The van der Waals surface area contributed by atoms with Crippen molar-refractivity contribution in [3.8, 4) is 0 Å². The number of hydrogen-bond acceptors (Lipinski definition) is 4. The van der Waals surface area contributed by atoms with Crippen molar-refractivity contribution in [2.75, 3.05) is 6.61 Å². The van der Waals surface area contributed by atoms with Gasteiger partial charge in [-0.25, -0.2) is 4.79 Å². The molecule has 94 valence electrons. The average molecular weight is 240 g/mol. The molecule has 1 rings (SSSR count). The molecule has 0 amide bonds. The highest BCUT2D eigenvalue weighted by Crippen LogP contribution is 2.25. The number of ether oxygens (including phenoxy) is 1. The maximum Gasteiger partial charge on any atom is 0.355 e. The summed E-state index contributed by atoms with van der Waals surface area (Å²) < 4.78 is 6.52. The number of carbonyl (C=O) groups is 1. The zero-order valence-corrected chi connectivity index (χ0v) is 10.2. The van der Waals surface area contributed by atoms with Crippen molar-refractivity contribution in [2.45, 2.75) is 33.7 Å². The predicted molar refractivity (Wildman–Crippen MR) is 62.1 cm³/mol.